The van der Waals surface area contributed by atoms with Crippen molar-refractivity contribution in [1.29, 1.82) is 0 Å². The van der Waals surface area contributed by atoms with Gasteiger partial charge in [0.25, 0.3) is 0 Å². The Balaban J connectivity index is 1.73. The summed E-state index contributed by atoms with van der Waals surface area (Å²) in [7, 11) is -3.39. The Morgan fingerprint density at radius 3 is 2.30 bits per heavy atom. The third-order valence-corrected chi connectivity index (χ3v) is 4.86. The summed E-state index contributed by atoms with van der Waals surface area (Å²) < 4.78 is 22.4. The first-order valence-electron chi connectivity index (χ1n) is 6.10. The van der Waals surface area contributed by atoms with Crippen LogP contribution in [0.1, 0.15) is 24.8 Å². The first-order chi connectivity index (χ1) is 9.25. The van der Waals surface area contributed by atoms with Crippen LogP contribution in [0, 0.1) is 22.7 Å². The first-order valence-corrected chi connectivity index (χ1v) is 7.99. The highest BCUT2D eigenvalue weighted by Gasteiger charge is 2.70. The monoisotopic (exact) mass is 291 g/mol. The highest BCUT2D eigenvalue weighted by molar-refractivity contribution is 7.90. The van der Waals surface area contributed by atoms with E-state index in [9.17, 15) is 13.2 Å². The highest BCUT2D eigenvalue weighted by atomic mass is 32.2. The Morgan fingerprint density at radius 1 is 1.30 bits per heavy atom. The van der Waals surface area contributed by atoms with Crippen LogP contribution >= 0.6 is 0 Å². The van der Waals surface area contributed by atoms with Gasteiger partial charge in [0.2, 0.25) is 20.9 Å². The van der Waals surface area contributed by atoms with Gasteiger partial charge in [-0.05, 0) is 19.3 Å². The van der Waals surface area contributed by atoms with E-state index < -0.39 is 9.84 Å². The maximum atomic E-state index is 11.2. The number of rotatable bonds is 2. The molecule has 0 unspecified atom stereocenters. The highest BCUT2D eigenvalue weighted by Crippen LogP contribution is 2.72. The van der Waals surface area contributed by atoms with Crippen molar-refractivity contribution in [3.05, 3.63) is 18.0 Å². The normalized spacial score (nSPS) is 30.4. The molecular weight excluding hydrogens is 278 g/mol. The predicted molar refractivity (Wildman–Crippen MR) is 69.9 cm³/mol. The fraction of sp³-hybridized carbons (Fsp3) is 0.462. The van der Waals surface area contributed by atoms with Gasteiger partial charge in [0.15, 0.2) is 0 Å². The zero-order valence-corrected chi connectivity index (χ0v) is 11.7. The summed E-state index contributed by atoms with van der Waals surface area (Å²) in [5.41, 5.74) is 5.49. The van der Waals surface area contributed by atoms with E-state index in [0.29, 0.717) is 5.56 Å². The van der Waals surface area contributed by atoms with Crippen LogP contribution in [0.15, 0.2) is 17.6 Å². The Labute approximate surface area is 116 Å². The van der Waals surface area contributed by atoms with E-state index in [2.05, 4.69) is 21.8 Å². The van der Waals surface area contributed by atoms with Gasteiger partial charge < -0.3 is 5.73 Å². The molecule has 7 heteroatoms. The standard InChI is InChI=1S/C13H13N3O3S/c1-20(18,19)11-15-4-9(5-16-11)2-3-12-6-13(7-12,8-12)10(14)17/h4-5H,6-8H2,1H3,(H2,14,17). The van der Waals surface area contributed by atoms with Gasteiger partial charge in [-0.15, -0.1) is 0 Å². The largest absolute Gasteiger partial charge is 0.369 e. The van der Waals surface area contributed by atoms with Crippen LogP contribution in [0.3, 0.4) is 0 Å². The number of aromatic nitrogens is 2. The Morgan fingerprint density at radius 2 is 1.85 bits per heavy atom. The lowest BCUT2D eigenvalue weighted by Crippen LogP contribution is -2.66. The van der Waals surface area contributed by atoms with Crippen LogP contribution in [0.25, 0.3) is 0 Å². The summed E-state index contributed by atoms with van der Waals surface area (Å²) in [6.07, 6.45) is 6.02. The molecule has 104 valence electrons. The average Bonchev–Trinajstić information content (AvgIpc) is 2.24. The fourth-order valence-corrected chi connectivity index (χ4v) is 3.45. The van der Waals surface area contributed by atoms with Crippen molar-refractivity contribution in [1.82, 2.24) is 9.97 Å². The quantitative estimate of drug-likeness (QED) is 0.605. The third-order valence-electron chi connectivity index (χ3n) is 3.98. The van der Waals surface area contributed by atoms with Crippen molar-refractivity contribution in [2.45, 2.75) is 24.4 Å². The Kier molecular flexibility index (Phi) is 2.48. The van der Waals surface area contributed by atoms with Crippen LogP contribution < -0.4 is 5.73 Å². The van der Waals surface area contributed by atoms with Gasteiger partial charge in [0.05, 0.1) is 11.0 Å². The molecule has 1 heterocycles. The van der Waals surface area contributed by atoms with Gasteiger partial charge in [-0.1, -0.05) is 11.8 Å². The van der Waals surface area contributed by atoms with Crippen molar-refractivity contribution < 1.29 is 13.2 Å². The third kappa shape index (κ3) is 1.88. The number of carbonyl (C=O) groups is 1. The molecule has 0 aromatic carbocycles. The van der Waals surface area contributed by atoms with Gasteiger partial charge in [0, 0.05) is 24.1 Å². The van der Waals surface area contributed by atoms with Crippen LogP contribution in [0.2, 0.25) is 0 Å². The predicted octanol–water partition coefficient (Wildman–Crippen LogP) is -0.113. The van der Waals surface area contributed by atoms with E-state index in [4.69, 9.17) is 5.73 Å². The molecule has 4 rings (SSSR count). The molecule has 3 fully saturated rings. The minimum atomic E-state index is -3.39. The fourth-order valence-electron chi connectivity index (χ4n) is 2.96. The zero-order chi connectivity index (χ0) is 14.6. The summed E-state index contributed by atoms with van der Waals surface area (Å²) >= 11 is 0. The molecule has 0 spiro atoms. The molecule has 2 bridgehead atoms. The molecule has 1 aromatic rings. The van der Waals surface area contributed by atoms with Crippen LogP contribution in [0.4, 0.5) is 0 Å². The van der Waals surface area contributed by atoms with Crippen LogP contribution in [-0.4, -0.2) is 30.5 Å². The summed E-state index contributed by atoms with van der Waals surface area (Å²) in [6.45, 7) is 0. The van der Waals surface area contributed by atoms with E-state index in [1.54, 1.807) is 0 Å². The van der Waals surface area contributed by atoms with Gasteiger partial charge in [-0.25, -0.2) is 18.4 Å². The molecule has 0 atom stereocenters. The van der Waals surface area contributed by atoms with Gasteiger partial charge in [0.1, 0.15) is 0 Å². The number of amides is 1. The minimum absolute atomic E-state index is 0.0927. The van der Waals surface area contributed by atoms with Crippen LogP contribution in [0.5, 0.6) is 0 Å². The smallest absolute Gasteiger partial charge is 0.246 e. The molecule has 6 nitrogen and oxygen atoms in total. The molecule has 3 saturated carbocycles. The SMILES string of the molecule is CS(=O)(=O)c1ncc(C#CC23CC(C(N)=O)(C2)C3)cn1. The van der Waals surface area contributed by atoms with Crippen molar-refractivity contribution in [3.8, 4) is 11.8 Å². The molecule has 0 saturated heterocycles. The molecule has 2 N–H and O–H groups in total. The van der Waals surface area contributed by atoms with Crippen molar-refractivity contribution in [2.75, 3.05) is 6.26 Å². The van der Waals surface area contributed by atoms with E-state index >= 15 is 0 Å². The van der Waals surface area contributed by atoms with Crippen molar-refractivity contribution in [3.63, 3.8) is 0 Å². The molecule has 0 radical (unpaired) electrons. The maximum absolute atomic E-state index is 11.2. The van der Waals surface area contributed by atoms with Gasteiger partial charge in [-0.2, -0.15) is 0 Å². The summed E-state index contributed by atoms with van der Waals surface area (Å²) in [6, 6.07) is 0. The number of sulfone groups is 1. The molecule has 1 aromatic heterocycles. The molecule has 20 heavy (non-hydrogen) atoms. The lowest BCUT2D eigenvalue weighted by Gasteiger charge is -2.66. The van der Waals surface area contributed by atoms with Crippen molar-refractivity contribution in [2.24, 2.45) is 16.6 Å². The number of primary amides is 1. The summed E-state index contributed by atoms with van der Waals surface area (Å²) in [4.78, 5) is 18.7. The van der Waals surface area contributed by atoms with Gasteiger partial charge in [-0.3, -0.25) is 4.79 Å². The molecule has 1 amide bonds. The minimum Gasteiger partial charge on any atom is -0.369 e. The van der Waals surface area contributed by atoms with Crippen LogP contribution in [-0.2, 0) is 14.6 Å². The molecule has 3 aliphatic carbocycles. The first kappa shape index (κ1) is 13.1. The lowest BCUT2D eigenvalue weighted by molar-refractivity contribution is -0.181. The number of carbonyl (C=O) groups excluding carboxylic acids is 1. The van der Waals surface area contributed by atoms with E-state index in [1.165, 1.54) is 12.4 Å². The molecule has 0 aliphatic heterocycles. The Hall–Kier alpha value is -1.94. The van der Waals surface area contributed by atoms with E-state index in [1.807, 2.05) is 0 Å². The maximum Gasteiger partial charge on any atom is 0.246 e. The van der Waals surface area contributed by atoms with Crippen molar-refractivity contribution >= 4 is 15.7 Å². The molecule has 3 aliphatic rings. The second kappa shape index (κ2) is 3.79. The topological polar surface area (TPSA) is 103 Å². The zero-order valence-electron chi connectivity index (χ0n) is 10.9. The summed E-state index contributed by atoms with van der Waals surface area (Å²) in [5.74, 6) is 5.83. The lowest BCUT2D eigenvalue weighted by atomic mass is 9.35. The number of hydrogen-bond donors (Lipinski definition) is 1. The molecular formula is C13H13N3O3S. The number of nitrogens with zero attached hydrogens (tertiary/aromatic N) is 2. The number of hydrogen-bond acceptors (Lipinski definition) is 5. The Bertz CT molecular complexity index is 737. The second-order valence-electron chi connectivity index (χ2n) is 5.73. The van der Waals surface area contributed by atoms with Gasteiger partial charge >= 0.3 is 0 Å². The number of nitrogens with two attached hydrogens (primary N) is 1. The van der Waals surface area contributed by atoms with E-state index in [-0.39, 0.29) is 21.9 Å². The second-order valence-corrected chi connectivity index (χ2v) is 7.64. The van der Waals surface area contributed by atoms with E-state index in [0.717, 1.165) is 25.5 Å². The average molecular weight is 291 g/mol. The summed E-state index contributed by atoms with van der Waals surface area (Å²) in [5, 5.41) is -0.207.